The Kier molecular flexibility index (Phi) is 10.8. The first-order valence-corrected chi connectivity index (χ1v) is 7.20. The first kappa shape index (κ1) is 18.4. The topological polar surface area (TPSA) is 49.7 Å². The van der Waals surface area contributed by atoms with Crippen LogP contribution in [0.25, 0.3) is 0 Å². The van der Waals surface area contributed by atoms with Gasteiger partial charge in [0.25, 0.3) is 0 Å². The second-order valence-corrected chi connectivity index (χ2v) is 5.24. The van der Waals surface area contributed by atoms with E-state index in [1.165, 1.54) is 0 Å². The predicted molar refractivity (Wildman–Crippen MR) is 80.2 cm³/mol. The summed E-state index contributed by atoms with van der Waals surface area (Å²) in [6.07, 6.45) is 5.32. The molecule has 0 fully saturated rings. The van der Waals surface area contributed by atoms with E-state index in [4.69, 9.17) is 14.9 Å². The summed E-state index contributed by atoms with van der Waals surface area (Å²) in [4.78, 5) is 0. The summed E-state index contributed by atoms with van der Waals surface area (Å²) in [7, 11) is 0. The van der Waals surface area contributed by atoms with E-state index in [-0.39, 0.29) is 25.4 Å². The van der Waals surface area contributed by atoms with Crippen molar-refractivity contribution in [1.29, 1.82) is 0 Å². The van der Waals surface area contributed by atoms with Gasteiger partial charge in [-0.1, -0.05) is 24.3 Å². The van der Waals surface area contributed by atoms with E-state index in [1.54, 1.807) is 0 Å². The molecule has 19 heavy (non-hydrogen) atoms. The fraction of sp³-hybridized carbons (Fsp3) is 0.750. The van der Waals surface area contributed by atoms with E-state index in [1.807, 2.05) is 13.8 Å². The SMILES string of the molecule is C=C(C)C(CCCCO)OC(CCCCO)C(=C)C. The number of unbranched alkanes of at least 4 members (excludes halogenated alkanes) is 2. The summed E-state index contributed by atoms with van der Waals surface area (Å²) in [5.74, 6) is 0. The van der Waals surface area contributed by atoms with Gasteiger partial charge in [-0.25, -0.2) is 0 Å². The fourth-order valence-electron chi connectivity index (χ4n) is 1.94. The number of hydrogen-bond donors (Lipinski definition) is 2. The van der Waals surface area contributed by atoms with Gasteiger partial charge in [0.2, 0.25) is 0 Å². The molecule has 0 aliphatic rings. The van der Waals surface area contributed by atoms with Crippen LogP contribution in [-0.4, -0.2) is 35.6 Å². The maximum absolute atomic E-state index is 8.83. The van der Waals surface area contributed by atoms with Crippen molar-refractivity contribution in [3.63, 3.8) is 0 Å². The Labute approximate surface area is 118 Å². The van der Waals surface area contributed by atoms with Gasteiger partial charge in [0, 0.05) is 13.2 Å². The van der Waals surface area contributed by atoms with Crippen molar-refractivity contribution >= 4 is 0 Å². The van der Waals surface area contributed by atoms with Crippen LogP contribution in [0.15, 0.2) is 24.3 Å². The summed E-state index contributed by atoms with van der Waals surface area (Å²) < 4.78 is 6.10. The molecule has 0 aliphatic heterocycles. The van der Waals surface area contributed by atoms with Crippen LogP contribution in [0.3, 0.4) is 0 Å². The molecular formula is C16H30O3. The molecule has 2 unspecified atom stereocenters. The molecule has 0 heterocycles. The van der Waals surface area contributed by atoms with Gasteiger partial charge in [-0.05, 0) is 52.4 Å². The van der Waals surface area contributed by atoms with Crippen molar-refractivity contribution in [3.05, 3.63) is 24.3 Å². The molecule has 0 rings (SSSR count). The van der Waals surface area contributed by atoms with E-state index in [0.717, 1.165) is 49.7 Å². The van der Waals surface area contributed by atoms with Crippen molar-refractivity contribution in [2.75, 3.05) is 13.2 Å². The molecule has 0 saturated heterocycles. The maximum Gasteiger partial charge on any atom is 0.0787 e. The Morgan fingerprint density at radius 1 is 0.842 bits per heavy atom. The van der Waals surface area contributed by atoms with Gasteiger partial charge in [0.15, 0.2) is 0 Å². The van der Waals surface area contributed by atoms with Crippen molar-refractivity contribution in [2.24, 2.45) is 0 Å². The predicted octanol–water partition coefficient (Wildman–Crippen LogP) is 3.22. The van der Waals surface area contributed by atoms with Crippen LogP contribution >= 0.6 is 0 Å². The smallest absolute Gasteiger partial charge is 0.0787 e. The molecular weight excluding hydrogens is 240 g/mol. The molecule has 2 atom stereocenters. The zero-order chi connectivity index (χ0) is 14.7. The second-order valence-electron chi connectivity index (χ2n) is 5.24. The Morgan fingerprint density at radius 2 is 1.21 bits per heavy atom. The quantitative estimate of drug-likeness (QED) is 0.423. The van der Waals surface area contributed by atoms with Gasteiger partial charge >= 0.3 is 0 Å². The Bertz CT molecular complexity index is 235. The highest BCUT2D eigenvalue weighted by Crippen LogP contribution is 2.20. The molecule has 3 heteroatoms. The zero-order valence-corrected chi connectivity index (χ0v) is 12.5. The van der Waals surface area contributed by atoms with Crippen molar-refractivity contribution in [2.45, 2.75) is 64.6 Å². The Hall–Kier alpha value is -0.640. The third-order valence-electron chi connectivity index (χ3n) is 3.18. The highest BCUT2D eigenvalue weighted by Gasteiger charge is 2.17. The largest absolute Gasteiger partial charge is 0.396 e. The van der Waals surface area contributed by atoms with Crippen LogP contribution < -0.4 is 0 Å². The molecule has 0 aliphatic carbocycles. The van der Waals surface area contributed by atoms with Gasteiger partial charge in [0.05, 0.1) is 12.2 Å². The van der Waals surface area contributed by atoms with Gasteiger partial charge in [0.1, 0.15) is 0 Å². The number of hydrogen-bond acceptors (Lipinski definition) is 3. The van der Waals surface area contributed by atoms with Crippen LogP contribution in [0, 0.1) is 0 Å². The minimum absolute atomic E-state index is 0.0300. The number of rotatable bonds is 12. The van der Waals surface area contributed by atoms with E-state index < -0.39 is 0 Å². The van der Waals surface area contributed by atoms with Gasteiger partial charge < -0.3 is 14.9 Å². The molecule has 0 saturated carbocycles. The standard InChI is InChI=1S/C16H30O3/c1-13(2)15(9-5-7-11-17)19-16(14(3)4)10-6-8-12-18/h15-18H,1,3,5-12H2,2,4H3. The molecule has 0 aromatic heterocycles. The summed E-state index contributed by atoms with van der Waals surface area (Å²) in [6, 6.07) is 0. The summed E-state index contributed by atoms with van der Waals surface area (Å²) >= 11 is 0. The van der Waals surface area contributed by atoms with Gasteiger partial charge in [-0.2, -0.15) is 0 Å². The average molecular weight is 270 g/mol. The third-order valence-corrected chi connectivity index (χ3v) is 3.18. The fourth-order valence-corrected chi connectivity index (χ4v) is 1.94. The van der Waals surface area contributed by atoms with E-state index in [9.17, 15) is 0 Å². The zero-order valence-electron chi connectivity index (χ0n) is 12.5. The first-order valence-electron chi connectivity index (χ1n) is 7.20. The van der Waals surface area contributed by atoms with Gasteiger partial charge in [-0.3, -0.25) is 0 Å². The minimum Gasteiger partial charge on any atom is -0.396 e. The molecule has 0 bridgehead atoms. The molecule has 0 spiro atoms. The maximum atomic E-state index is 8.83. The minimum atomic E-state index is 0.0300. The van der Waals surface area contributed by atoms with Crippen molar-refractivity contribution in [3.8, 4) is 0 Å². The lowest BCUT2D eigenvalue weighted by Gasteiger charge is -2.26. The molecule has 3 nitrogen and oxygen atoms in total. The van der Waals surface area contributed by atoms with Gasteiger partial charge in [-0.15, -0.1) is 0 Å². The molecule has 0 amide bonds. The summed E-state index contributed by atoms with van der Waals surface area (Å²) in [6.45, 7) is 12.4. The van der Waals surface area contributed by atoms with Crippen molar-refractivity contribution < 1.29 is 14.9 Å². The van der Waals surface area contributed by atoms with Crippen LogP contribution in [-0.2, 0) is 4.74 Å². The average Bonchev–Trinajstić information content (AvgIpc) is 2.35. The number of aliphatic hydroxyl groups excluding tert-OH is 2. The number of aliphatic hydroxyl groups is 2. The van der Waals surface area contributed by atoms with E-state index in [0.29, 0.717) is 0 Å². The van der Waals surface area contributed by atoms with Crippen LogP contribution in [0.2, 0.25) is 0 Å². The van der Waals surface area contributed by atoms with Crippen LogP contribution in [0.5, 0.6) is 0 Å². The Morgan fingerprint density at radius 3 is 1.47 bits per heavy atom. The first-order chi connectivity index (χ1) is 9.02. The third kappa shape index (κ3) is 8.98. The molecule has 0 aromatic rings. The lowest BCUT2D eigenvalue weighted by atomic mass is 10.0. The molecule has 2 N–H and O–H groups in total. The van der Waals surface area contributed by atoms with Crippen LogP contribution in [0.1, 0.15) is 52.4 Å². The normalized spacial score (nSPS) is 14.1. The highest BCUT2D eigenvalue weighted by atomic mass is 16.5. The molecule has 0 aromatic carbocycles. The lowest BCUT2D eigenvalue weighted by molar-refractivity contribution is 0.0163. The Balaban J connectivity index is 4.31. The lowest BCUT2D eigenvalue weighted by Crippen LogP contribution is -2.24. The monoisotopic (exact) mass is 270 g/mol. The number of ether oxygens (including phenoxy) is 1. The molecule has 112 valence electrons. The summed E-state index contributed by atoms with van der Waals surface area (Å²) in [5, 5.41) is 17.7. The van der Waals surface area contributed by atoms with E-state index in [2.05, 4.69) is 13.2 Å². The summed E-state index contributed by atoms with van der Waals surface area (Å²) in [5.41, 5.74) is 2.04. The molecule has 0 radical (unpaired) electrons. The van der Waals surface area contributed by atoms with E-state index >= 15 is 0 Å². The highest BCUT2D eigenvalue weighted by molar-refractivity contribution is 5.03. The van der Waals surface area contributed by atoms with Crippen molar-refractivity contribution in [1.82, 2.24) is 0 Å². The second kappa shape index (κ2) is 11.2. The van der Waals surface area contributed by atoms with Crippen LogP contribution in [0.4, 0.5) is 0 Å².